The summed E-state index contributed by atoms with van der Waals surface area (Å²) in [6.45, 7) is 11.2. The van der Waals surface area contributed by atoms with Crippen LogP contribution in [0.1, 0.15) is 59.3 Å². The maximum atomic E-state index is 4.91. The van der Waals surface area contributed by atoms with E-state index in [1.165, 1.54) is 51.6 Å². The number of nitrogens with zero attached hydrogens (tertiary/aromatic N) is 2. The fourth-order valence-electron chi connectivity index (χ4n) is 3.39. The van der Waals surface area contributed by atoms with Gasteiger partial charge in [-0.2, -0.15) is 0 Å². The van der Waals surface area contributed by atoms with Gasteiger partial charge in [-0.1, -0.05) is 26.7 Å². The van der Waals surface area contributed by atoms with E-state index in [9.17, 15) is 0 Å². The molecule has 1 atom stereocenters. The maximum Gasteiger partial charge on any atom is 0.191 e. The molecule has 1 heterocycles. The van der Waals surface area contributed by atoms with Gasteiger partial charge in [0.15, 0.2) is 5.96 Å². The van der Waals surface area contributed by atoms with Gasteiger partial charge in [0.2, 0.25) is 0 Å². The van der Waals surface area contributed by atoms with Crippen LogP contribution >= 0.6 is 24.0 Å². The topological polar surface area (TPSA) is 39.7 Å². The average molecular weight is 422 g/mol. The summed E-state index contributed by atoms with van der Waals surface area (Å²) in [5.74, 6) is 1.80. The van der Waals surface area contributed by atoms with E-state index >= 15 is 0 Å². The Morgan fingerprint density at radius 2 is 1.77 bits per heavy atom. The molecule has 0 bridgehead atoms. The molecule has 0 amide bonds. The predicted octanol–water partition coefficient (Wildman–Crippen LogP) is 3.22. The van der Waals surface area contributed by atoms with Crippen LogP contribution in [-0.4, -0.2) is 49.1 Å². The van der Waals surface area contributed by atoms with E-state index in [0.29, 0.717) is 12.1 Å². The molecule has 0 radical (unpaired) electrons. The van der Waals surface area contributed by atoms with Gasteiger partial charge in [0.1, 0.15) is 0 Å². The number of rotatable bonds is 8. The van der Waals surface area contributed by atoms with Crippen LogP contribution in [0.15, 0.2) is 4.99 Å². The second-order valence-corrected chi connectivity index (χ2v) is 6.53. The minimum absolute atomic E-state index is 0. The van der Waals surface area contributed by atoms with Gasteiger partial charge in [0.05, 0.1) is 6.54 Å². The fourth-order valence-corrected chi connectivity index (χ4v) is 3.39. The summed E-state index contributed by atoms with van der Waals surface area (Å²) in [5, 5.41) is 6.93. The van der Waals surface area contributed by atoms with Crippen molar-refractivity contribution in [1.82, 2.24) is 15.5 Å². The molecule has 0 spiro atoms. The van der Waals surface area contributed by atoms with E-state index in [2.05, 4.69) is 36.3 Å². The molecule has 1 saturated carbocycles. The van der Waals surface area contributed by atoms with E-state index in [0.717, 1.165) is 25.0 Å². The Morgan fingerprint density at radius 1 is 1.14 bits per heavy atom. The first kappa shape index (κ1) is 20.0. The summed E-state index contributed by atoms with van der Waals surface area (Å²) >= 11 is 0. The average Bonchev–Trinajstić information content (AvgIpc) is 3.14. The monoisotopic (exact) mass is 422 g/mol. The second-order valence-electron chi connectivity index (χ2n) is 6.53. The highest BCUT2D eigenvalue weighted by Crippen LogP contribution is 2.23. The van der Waals surface area contributed by atoms with Gasteiger partial charge in [-0.15, -0.1) is 24.0 Å². The number of hydrogen-bond acceptors (Lipinski definition) is 2. The Labute approximate surface area is 153 Å². The standard InChI is InChI=1S/C17H34N4.HI/c1-4-14(5-2)16(21-11-7-8-12-21)13-19-17(18-6-3)20-15-9-10-15;/h14-16H,4-13H2,1-3H3,(H2,18,19,20);1H. The molecule has 1 unspecified atom stereocenters. The SMILES string of the molecule is CCNC(=NCC(C(CC)CC)N1CCCC1)NC1CC1.I. The lowest BCUT2D eigenvalue weighted by Crippen LogP contribution is -2.43. The van der Waals surface area contributed by atoms with Crippen LogP contribution in [0.2, 0.25) is 0 Å². The lowest BCUT2D eigenvalue weighted by Gasteiger charge is -2.32. The smallest absolute Gasteiger partial charge is 0.191 e. The van der Waals surface area contributed by atoms with Crippen LogP contribution in [0.5, 0.6) is 0 Å². The second kappa shape index (κ2) is 10.7. The van der Waals surface area contributed by atoms with Crippen molar-refractivity contribution >= 4 is 29.9 Å². The van der Waals surface area contributed by atoms with Gasteiger partial charge in [0.25, 0.3) is 0 Å². The molecule has 2 aliphatic rings. The molecule has 130 valence electrons. The summed E-state index contributed by atoms with van der Waals surface area (Å²) in [5.41, 5.74) is 0. The molecule has 2 N–H and O–H groups in total. The Morgan fingerprint density at radius 3 is 2.27 bits per heavy atom. The molecule has 2 rings (SSSR count). The van der Waals surface area contributed by atoms with Gasteiger partial charge < -0.3 is 10.6 Å². The van der Waals surface area contributed by atoms with Gasteiger partial charge in [-0.25, -0.2) is 0 Å². The third-order valence-electron chi connectivity index (χ3n) is 4.90. The molecule has 1 aliphatic heterocycles. The Bertz CT molecular complexity index is 319. The quantitative estimate of drug-likeness (QED) is 0.359. The van der Waals surface area contributed by atoms with Crippen molar-refractivity contribution in [3.05, 3.63) is 0 Å². The zero-order chi connectivity index (χ0) is 15.1. The molecular formula is C17H35IN4. The van der Waals surface area contributed by atoms with Gasteiger partial charge >= 0.3 is 0 Å². The molecule has 2 fully saturated rings. The van der Waals surface area contributed by atoms with Crippen molar-refractivity contribution in [2.45, 2.75) is 71.4 Å². The highest BCUT2D eigenvalue weighted by Gasteiger charge is 2.28. The van der Waals surface area contributed by atoms with Crippen LogP contribution < -0.4 is 10.6 Å². The Hall–Kier alpha value is -0.0400. The third kappa shape index (κ3) is 6.22. The predicted molar refractivity (Wildman–Crippen MR) is 106 cm³/mol. The largest absolute Gasteiger partial charge is 0.357 e. The van der Waals surface area contributed by atoms with Crippen LogP contribution in [0.4, 0.5) is 0 Å². The minimum atomic E-state index is 0. The molecule has 5 heteroatoms. The lowest BCUT2D eigenvalue weighted by atomic mass is 9.93. The third-order valence-corrected chi connectivity index (χ3v) is 4.90. The van der Waals surface area contributed by atoms with Crippen molar-refractivity contribution < 1.29 is 0 Å². The number of aliphatic imine (C=N–C) groups is 1. The summed E-state index contributed by atoms with van der Waals surface area (Å²) in [7, 11) is 0. The molecular weight excluding hydrogens is 387 g/mol. The number of hydrogen-bond donors (Lipinski definition) is 2. The first-order valence-corrected chi connectivity index (χ1v) is 9.07. The van der Waals surface area contributed by atoms with E-state index in [1.807, 2.05) is 0 Å². The van der Waals surface area contributed by atoms with E-state index < -0.39 is 0 Å². The van der Waals surface area contributed by atoms with Crippen molar-refractivity contribution in [2.75, 3.05) is 26.2 Å². The summed E-state index contributed by atoms with van der Waals surface area (Å²) in [6.07, 6.45) is 7.85. The lowest BCUT2D eigenvalue weighted by molar-refractivity contribution is 0.172. The normalized spacial score (nSPS) is 20.8. The molecule has 1 aliphatic carbocycles. The summed E-state index contributed by atoms with van der Waals surface area (Å²) in [6, 6.07) is 1.29. The summed E-state index contributed by atoms with van der Waals surface area (Å²) in [4.78, 5) is 7.59. The van der Waals surface area contributed by atoms with Crippen molar-refractivity contribution in [3.8, 4) is 0 Å². The molecule has 4 nitrogen and oxygen atoms in total. The molecule has 0 aromatic heterocycles. The van der Waals surface area contributed by atoms with Crippen LogP contribution in [0, 0.1) is 5.92 Å². The Kier molecular flexibility index (Phi) is 9.71. The highest BCUT2D eigenvalue weighted by atomic mass is 127. The summed E-state index contributed by atoms with van der Waals surface area (Å²) < 4.78 is 0. The van der Waals surface area contributed by atoms with Crippen molar-refractivity contribution in [2.24, 2.45) is 10.9 Å². The van der Waals surface area contributed by atoms with Crippen LogP contribution in [0.3, 0.4) is 0 Å². The number of guanidine groups is 1. The minimum Gasteiger partial charge on any atom is -0.357 e. The van der Waals surface area contributed by atoms with E-state index in [-0.39, 0.29) is 24.0 Å². The molecule has 0 aromatic rings. The van der Waals surface area contributed by atoms with E-state index in [4.69, 9.17) is 4.99 Å². The zero-order valence-corrected chi connectivity index (χ0v) is 16.9. The molecule has 0 aromatic carbocycles. The first-order valence-electron chi connectivity index (χ1n) is 9.07. The zero-order valence-electron chi connectivity index (χ0n) is 14.6. The number of likely N-dealkylation sites (tertiary alicyclic amines) is 1. The Balaban J connectivity index is 0.00000242. The van der Waals surface area contributed by atoms with Gasteiger partial charge in [-0.05, 0) is 51.6 Å². The van der Waals surface area contributed by atoms with Crippen molar-refractivity contribution in [1.29, 1.82) is 0 Å². The number of halogens is 1. The van der Waals surface area contributed by atoms with Gasteiger partial charge in [-0.3, -0.25) is 9.89 Å². The van der Waals surface area contributed by atoms with Crippen LogP contribution in [-0.2, 0) is 0 Å². The maximum absolute atomic E-state index is 4.91. The highest BCUT2D eigenvalue weighted by molar-refractivity contribution is 14.0. The number of nitrogens with one attached hydrogen (secondary N) is 2. The van der Waals surface area contributed by atoms with Gasteiger partial charge in [0, 0.05) is 18.6 Å². The van der Waals surface area contributed by atoms with E-state index in [1.54, 1.807) is 0 Å². The fraction of sp³-hybridized carbons (Fsp3) is 0.941. The van der Waals surface area contributed by atoms with Crippen LogP contribution in [0.25, 0.3) is 0 Å². The molecule has 22 heavy (non-hydrogen) atoms. The van der Waals surface area contributed by atoms with Crippen molar-refractivity contribution in [3.63, 3.8) is 0 Å². The first-order chi connectivity index (χ1) is 10.3. The molecule has 1 saturated heterocycles.